The third kappa shape index (κ3) is 4.76. The van der Waals surface area contributed by atoms with Gasteiger partial charge in [0.25, 0.3) is 0 Å². The van der Waals surface area contributed by atoms with E-state index < -0.39 is 0 Å². The van der Waals surface area contributed by atoms with E-state index in [1.54, 1.807) is 0 Å². The van der Waals surface area contributed by atoms with Crippen molar-refractivity contribution in [3.05, 3.63) is 0 Å². The van der Waals surface area contributed by atoms with Crippen LogP contribution in [0, 0.1) is 17.3 Å². The largest absolute Gasteiger partial charge is 0.355 e. The second-order valence-electron chi connectivity index (χ2n) is 6.82. The van der Waals surface area contributed by atoms with E-state index in [0.29, 0.717) is 12.5 Å². The lowest BCUT2D eigenvalue weighted by Crippen LogP contribution is -2.47. The van der Waals surface area contributed by atoms with Crippen LogP contribution in [0.4, 0.5) is 0 Å². The number of nitrogens with one attached hydrogen (secondary N) is 1. The number of hydrogen-bond acceptors (Lipinski definition) is 2. The monoisotopic (exact) mass is 282 g/mol. The number of nitrogens with two attached hydrogens (primary N) is 1. The number of hydrogen-bond donors (Lipinski definition) is 2. The summed E-state index contributed by atoms with van der Waals surface area (Å²) in [5, 5.41) is 3.21. The predicted molar refractivity (Wildman–Crippen MR) is 85.4 cm³/mol. The quantitative estimate of drug-likeness (QED) is 0.716. The molecule has 1 amide bonds. The first-order chi connectivity index (χ1) is 9.57. The summed E-state index contributed by atoms with van der Waals surface area (Å²) in [4.78, 5) is 12.6. The molecule has 1 rings (SSSR count). The third-order valence-corrected chi connectivity index (χ3v) is 5.02. The summed E-state index contributed by atoms with van der Waals surface area (Å²) < 4.78 is 0. The van der Waals surface area contributed by atoms with Gasteiger partial charge in [-0.25, -0.2) is 0 Å². The molecule has 0 radical (unpaired) electrons. The normalized spacial score (nSPS) is 23.6. The third-order valence-electron chi connectivity index (χ3n) is 5.02. The van der Waals surface area contributed by atoms with Crippen molar-refractivity contribution in [2.24, 2.45) is 23.0 Å². The Morgan fingerprint density at radius 1 is 1.15 bits per heavy atom. The van der Waals surface area contributed by atoms with Crippen LogP contribution >= 0.6 is 0 Å². The van der Waals surface area contributed by atoms with E-state index in [9.17, 15) is 4.79 Å². The minimum absolute atomic E-state index is 0.197. The number of carbonyl (C=O) groups is 1. The number of rotatable bonds is 8. The van der Waals surface area contributed by atoms with Gasteiger partial charge in [0.1, 0.15) is 0 Å². The molecule has 0 unspecified atom stereocenters. The van der Waals surface area contributed by atoms with Gasteiger partial charge < -0.3 is 11.1 Å². The molecule has 1 saturated carbocycles. The van der Waals surface area contributed by atoms with Crippen LogP contribution < -0.4 is 11.1 Å². The predicted octanol–water partition coefficient (Wildman–Crippen LogP) is 3.47. The molecule has 0 bridgehead atoms. The molecule has 3 nitrogen and oxygen atoms in total. The van der Waals surface area contributed by atoms with Crippen molar-refractivity contribution in [3.8, 4) is 0 Å². The molecule has 0 aliphatic heterocycles. The Hall–Kier alpha value is -0.570. The maximum atomic E-state index is 12.6. The van der Waals surface area contributed by atoms with Gasteiger partial charge in [0.15, 0.2) is 0 Å². The zero-order chi connectivity index (χ0) is 15.0. The van der Waals surface area contributed by atoms with Gasteiger partial charge in [0, 0.05) is 13.1 Å². The van der Waals surface area contributed by atoms with E-state index in [2.05, 4.69) is 26.1 Å². The fourth-order valence-corrected chi connectivity index (χ4v) is 3.56. The lowest BCUT2D eigenvalue weighted by molar-refractivity contribution is -0.131. The lowest BCUT2D eigenvalue weighted by Gasteiger charge is -2.32. The summed E-state index contributed by atoms with van der Waals surface area (Å²) >= 11 is 0. The topological polar surface area (TPSA) is 55.1 Å². The van der Waals surface area contributed by atoms with Crippen molar-refractivity contribution < 1.29 is 4.79 Å². The molecule has 0 saturated heterocycles. The van der Waals surface area contributed by atoms with Gasteiger partial charge in [-0.3, -0.25) is 4.79 Å². The van der Waals surface area contributed by atoms with Gasteiger partial charge in [-0.2, -0.15) is 0 Å². The highest BCUT2D eigenvalue weighted by atomic mass is 16.2. The summed E-state index contributed by atoms with van der Waals surface area (Å²) in [6.45, 7) is 7.92. The van der Waals surface area contributed by atoms with Gasteiger partial charge in [-0.1, -0.05) is 46.5 Å². The Kier molecular flexibility index (Phi) is 7.57. The summed E-state index contributed by atoms with van der Waals surface area (Å²) in [6, 6.07) is 0. The van der Waals surface area contributed by atoms with Crippen molar-refractivity contribution >= 4 is 5.91 Å². The highest BCUT2D eigenvalue weighted by molar-refractivity contribution is 5.82. The summed E-state index contributed by atoms with van der Waals surface area (Å²) in [5.41, 5.74) is 5.62. The standard InChI is InChI=1S/C17H34N2O/c1-4-10-17(13-18,11-5-2)16(20)19-12-15-8-6-14(3)7-9-15/h14-15H,4-13,18H2,1-3H3,(H,19,20). The Bertz CT molecular complexity index is 277. The highest BCUT2D eigenvalue weighted by Gasteiger charge is 2.35. The molecule has 0 aromatic heterocycles. The second-order valence-corrected chi connectivity index (χ2v) is 6.82. The first kappa shape index (κ1) is 17.5. The molecular formula is C17H34N2O. The molecule has 3 N–H and O–H groups in total. The maximum Gasteiger partial charge on any atom is 0.227 e. The first-order valence-corrected chi connectivity index (χ1v) is 8.56. The van der Waals surface area contributed by atoms with E-state index in [0.717, 1.165) is 38.1 Å². The van der Waals surface area contributed by atoms with Crippen molar-refractivity contribution in [2.45, 2.75) is 72.1 Å². The molecule has 1 fully saturated rings. The molecule has 118 valence electrons. The Balaban J connectivity index is 2.49. The fraction of sp³-hybridized carbons (Fsp3) is 0.941. The summed E-state index contributed by atoms with van der Waals surface area (Å²) in [5.74, 6) is 1.74. The Morgan fingerprint density at radius 2 is 1.70 bits per heavy atom. The molecule has 0 aromatic carbocycles. The van der Waals surface area contributed by atoms with Gasteiger partial charge in [-0.15, -0.1) is 0 Å². The summed E-state index contributed by atoms with van der Waals surface area (Å²) in [7, 11) is 0. The molecular weight excluding hydrogens is 248 g/mol. The average molecular weight is 282 g/mol. The maximum absolute atomic E-state index is 12.6. The average Bonchev–Trinajstić information content (AvgIpc) is 2.46. The van der Waals surface area contributed by atoms with Crippen molar-refractivity contribution in [2.75, 3.05) is 13.1 Å². The molecule has 3 heteroatoms. The van der Waals surface area contributed by atoms with Crippen LogP contribution in [0.5, 0.6) is 0 Å². The lowest BCUT2D eigenvalue weighted by atomic mass is 9.78. The molecule has 1 aliphatic carbocycles. The van der Waals surface area contributed by atoms with Crippen LogP contribution in [-0.2, 0) is 4.79 Å². The zero-order valence-corrected chi connectivity index (χ0v) is 13.7. The second kappa shape index (κ2) is 8.66. The molecule has 0 atom stereocenters. The molecule has 0 spiro atoms. The zero-order valence-electron chi connectivity index (χ0n) is 13.7. The summed E-state index contributed by atoms with van der Waals surface area (Å²) in [6.07, 6.45) is 9.00. The van der Waals surface area contributed by atoms with E-state index in [-0.39, 0.29) is 11.3 Å². The van der Waals surface area contributed by atoms with Gasteiger partial charge in [-0.05, 0) is 37.5 Å². The highest BCUT2D eigenvalue weighted by Crippen LogP contribution is 2.30. The number of carbonyl (C=O) groups excluding carboxylic acids is 1. The van der Waals surface area contributed by atoms with E-state index in [1.165, 1.54) is 25.7 Å². The molecule has 0 heterocycles. The minimum atomic E-state index is -0.328. The Morgan fingerprint density at radius 3 is 2.15 bits per heavy atom. The molecule has 20 heavy (non-hydrogen) atoms. The smallest absolute Gasteiger partial charge is 0.227 e. The van der Waals surface area contributed by atoms with Crippen LogP contribution in [0.25, 0.3) is 0 Å². The Labute approximate surface area is 125 Å². The van der Waals surface area contributed by atoms with Gasteiger partial charge in [0.2, 0.25) is 5.91 Å². The van der Waals surface area contributed by atoms with Gasteiger partial charge in [0.05, 0.1) is 5.41 Å². The van der Waals surface area contributed by atoms with Crippen LogP contribution in [0.1, 0.15) is 72.1 Å². The van der Waals surface area contributed by atoms with E-state index >= 15 is 0 Å². The minimum Gasteiger partial charge on any atom is -0.355 e. The molecule has 0 aromatic rings. The van der Waals surface area contributed by atoms with Crippen molar-refractivity contribution in [1.82, 2.24) is 5.32 Å². The first-order valence-electron chi connectivity index (χ1n) is 8.56. The van der Waals surface area contributed by atoms with Crippen molar-refractivity contribution in [1.29, 1.82) is 0 Å². The van der Waals surface area contributed by atoms with E-state index in [4.69, 9.17) is 5.73 Å². The van der Waals surface area contributed by atoms with Crippen LogP contribution in [-0.4, -0.2) is 19.0 Å². The molecule has 1 aliphatic rings. The fourth-order valence-electron chi connectivity index (χ4n) is 3.56. The van der Waals surface area contributed by atoms with Crippen LogP contribution in [0.15, 0.2) is 0 Å². The van der Waals surface area contributed by atoms with E-state index in [1.807, 2.05) is 0 Å². The van der Waals surface area contributed by atoms with Crippen molar-refractivity contribution in [3.63, 3.8) is 0 Å². The van der Waals surface area contributed by atoms with Crippen LogP contribution in [0.2, 0.25) is 0 Å². The SMILES string of the molecule is CCCC(CN)(CCC)C(=O)NCC1CCC(C)CC1. The van der Waals surface area contributed by atoms with Gasteiger partial charge >= 0.3 is 0 Å². The number of amides is 1. The van der Waals surface area contributed by atoms with Crippen LogP contribution in [0.3, 0.4) is 0 Å².